The highest BCUT2D eigenvalue weighted by molar-refractivity contribution is 5.92. The molecule has 2 heterocycles. The molecule has 116 valence electrons. The van der Waals surface area contributed by atoms with Gasteiger partial charge in [0.2, 0.25) is 0 Å². The number of carbonyl (C=O) groups is 1. The molecule has 0 saturated carbocycles. The number of hydrogen-bond acceptors (Lipinski definition) is 3. The molecule has 1 aliphatic rings. The Morgan fingerprint density at radius 1 is 1.57 bits per heavy atom. The molecule has 0 radical (unpaired) electrons. The van der Waals surface area contributed by atoms with Gasteiger partial charge >= 0.3 is 0 Å². The third-order valence-corrected chi connectivity index (χ3v) is 3.60. The Morgan fingerprint density at radius 2 is 2.38 bits per heavy atom. The second-order valence-electron chi connectivity index (χ2n) is 5.60. The van der Waals surface area contributed by atoms with Crippen molar-refractivity contribution < 1.29 is 14.3 Å². The summed E-state index contributed by atoms with van der Waals surface area (Å²) in [5.41, 5.74) is 1.88. The first-order valence-corrected chi connectivity index (χ1v) is 7.33. The van der Waals surface area contributed by atoms with E-state index in [1.165, 1.54) is 5.57 Å². The molecule has 0 bridgehead atoms. The monoisotopic (exact) mass is 292 g/mol. The first kappa shape index (κ1) is 15.8. The molecule has 0 unspecified atom stereocenters. The highest BCUT2D eigenvalue weighted by Crippen LogP contribution is 2.13. The van der Waals surface area contributed by atoms with Crippen molar-refractivity contribution in [2.45, 2.75) is 32.4 Å². The SMILES string of the molecule is CC(C)=CCO[C@H]1COCC[C@@H]1NC(=O)c1cccn1C. The summed E-state index contributed by atoms with van der Waals surface area (Å²) in [6, 6.07) is 3.67. The molecule has 2 rings (SSSR count). The maximum Gasteiger partial charge on any atom is 0.268 e. The van der Waals surface area contributed by atoms with Crippen molar-refractivity contribution >= 4 is 5.91 Å². The third-order valence-electron chi connectivity index (χ3n) is 3.60. The van der Waals surface area contributed by atoms with Crippen LogP contribution in [-0.2, 0) is 16.5 Å². The standard InChI is InChI=1S/C16H24N2O3/c1-12(2)6-10-21-15-11-20-9-7-13(15)17-16(19)14-5-4-8-18(14)3/h4-6,8,13,15H,7,9-11H2,1-3H3,(H,17,19)/t13-,15-/m0/s1. The van der Waals surface area contributed by atoms with Gasteiger partial charge in [-0.3, -0.25) is 4.79 Å². The van der Waals surface area contributed by atoms with Crippen LogP contribution in [0.2, 0.25) is 0 Å². The summed E-state index contributed by atoms with van der Waals surface area (Å²) in [6.45, 7) is 5.80. The first-order chi connectivity index (χ1) is 10.1. The molecular formula is C16H24N2O3. The van der Waals surface area contributed by atoms with Crippen LogP contribution in [0.5, 0.6) is 0 Å². The van der Waals surface area contributed by atoms with Crippen LogP contribution in [0, 0.1) is 0 Å². The van der Waals surface area contributed by atoms with E-state index in [-0.39, 0.29) is 18.1 Å². The van der Waals surface area contributed by atoms with Gasteiger partial charge in [-0.25, -0.2) is 0 Å². The zero-order valence-corrected chi connectivity index (χ0v) is 13.0. The highest BCUT2D eigenvalue weighted by atomic mass is 16.5. The average Bonchev–Trinajstić information content (AvgIpc) is 2.86. The van der Waals surface area contributed by atoms with Crippen LogP contribution < -0.4 is 5.32 Å². The van der Waals surface area contributed by atoms with Crippen molar-refractivity contribution in [3.8, 4) is 0 Å². The van der Waals surface area contributed by atoms with E-state index in [1.54, 1.807) is 0 Å². The van der Waals surface area contributed by atoms with E-state index in [4.69, 9.17) is 9.47 Å². The van der Waals surface area contributed by atoms with Crippen LogP contribution in [0.15, 0.2) is 30.0 Å². The quantitative estimate of drug-likeness (QED) is 0.843. The number of nitrogens with one attached hydrogen (secondary N) is 1. The minimum absolute atomic E-state index is 0.00767. The predicted octanol–water partition coefficient (Wildman–Crippen LogP) is 1.90. The van der Waals surface area contributed by atoms with Gasteiger partial charge in [0.05, 0.1) is 19.3 Å². The van der Waals surface area contributed by atoms with Gasteiger partial charge in [-0.05, 0) is 32.4 Å². The Morgan fingerprint density at radius 3 is 3.05 bits per heavy atom. The van der Waals surface area contributed by atoms with Crippen molar-refractivity contribution in [1.82, 2.24) is 9.88 Å². The summed E-state index contributed by atoms with van der Waals surface area (Å²) >= 11 is 0. The van der Waals surface area contributed by atoms with Crippen molar-refractivity contribution in [3.63, 3.8) is 0 Å². The summed E-state index contributed by atoms with van der Waals surface area (Å²) < 4.78 is 13.1. The van der Waals surface area contributed by atoms with Gasteiger partial charge in [-0.1, -0.05) is 11.6 Å². The Kier molecular flexibility index (Phi) is 5.59. The van der Waals surface area contributed by atoms with Gasteiger partial charge in [-0.2, -0.15) is 0 Å². The normalized spacial score (nSPS) is 21.9. The van der Waals surface area contributed by atoms with Gasteiger partial charge in [-0.15, -0.1) is 0 Å². The van der Waals surface area contributed by atoms with Gasteiger partial charge in [0.25, 0.3) is 5.91 Å². The van der Waals surface area contributed by atoms with Crippen LogP contribution in [0.1, 0.15) is 30.8 Å². The number of aromatic nitrogens is 1. The zero-order valence-electron chi connectivity index (χ0n) is 13.0. The molecule has 1 aliphatic heterocycles. The van der Waals surface area contributed by atoms with Crippen molar-refractivity contribution in [2.24, 2.45) is 7.05 Å². The molecule has 1 aromatic rings. The molecule has 5 nitrogen and oxygen atoms in total. The number of carbonyl (C=O) groups excluding carboxylic acids is 1. The summed E-state index contributed by atoms with van der Waals surface area (Å²) in [5.74, 6) is -0.0646. The molecule has 5 heteroatoms. The molecule has 1 N–H and O–H groups in total. The lowest BCUT2D eigenvalue weighted by molar-refractivity contribution is -0.0589. The Bertz CT molecular complexity index is 503. The van der Waals surface area contributed by atoms with E-state index >= 15 is 0 Å². The minimum Gasteiger partial charge on any atom is -0.379 e. The van der Waals surface area contributed by atoms with Gasteiger partial charge < -0.3 is 19.4 Å². The van der Waals surface area contributed by atoms with E-state index in [0.29, 0.717) is 25.5 Å². The molecule has 1 amide bonds. The number of allylic oxidation sites excluding steroid dienone is 1. The van der Waals surface area contributed by atoms with Crippen molar-refractivity contribution in [3.05, 3.63) is 35.7 Å². The summed E-state index contributed by atoms with van der Waals surface area (Å²) in [4.78, 5) is 12.3. The lowest BCUT2D eigenvalue weighted by Crippen LogP contribution is -2.50. The Labute approximate surface area is 125 Å². The van der Waals surface area contributed by atoms with E-state index in [1.807, 2.05) is 49.9 Å². The topological polar surface area (TPSA) is 52.5 Å². The number of ether oxygens (including phenoxy) is 2. The lowest BCUT2D eigenvalue weighted by atomic mass is 10.1. The molecule has 21 heavy (non-hydrogen) atoms. The molecule has 2 atom stereocenters. The first-order valence-electron chi connectivity index (χ1n) is 7.33. The van der Waals surface area contributed by atoms with Crippen molar-refractivity contribution in [2.75, 3.05) is 19.8 Å². The number of nitrogens with zero attached hydrogens (tertiary/aromatic N) is 1. The van der Waals surface area contributed by atoms with Crippen LogP contribution in [0.25, 0.3) is 0 Å². The second-order valence-corrected chi connectivity index (χ2v) is 5.60. The second kappa shape index (κ2) is 7.43. The minimum atomic E-state index is -0.0985. The fourth-order valence-corrected chi connectivity index (χ4v) is 2.32. The Hall–Kier alpha value is -1.59. The molecule has 0 spiro atoms. The van der Waals surface area contributed by atoms with E-state index < -0.39 is 0 Å². The molecule has 1 fully saturated rings. The number of aryl methyl sites for hydroxylation is 1. The maximum absolute atomic E-state index is 12.3. The zero-order chi connectivity index (χ0) is 15.2. The summed E-state index contributed by atoms with van der Waals surface area (Å²) in [7, 11) is 1.86. The van der Waals surface area contributed by atoms with E-state index in [2.05, 4.69) is 5.32 Å². The number of rotatable bonds is 5. The number of amides is 1. The smallest absolute Gasteiger partial charge is 0.268 e. The molecule has 1 aromatic heterocycles. The average molecular weight is 292 g/mol. The highest BCUT2D eigenvalue weighted by Gasteiger charge is 2.28. The van der Waals surface area contributed by atoms with E-state index in [9.17, 15) is 4.79 Å². The van der Waals surface area contributed by atoms with Crippen LogP contribution in [-0.4, -0.2) is 42.4 Å². The molecular weight excluding hydrogens is 268 g/mol. The van der Waals surface area contributed by atoms with Crippen LogP contribution in [0.3, 0.4) is 0 Å². The van der Waals surface area contributed by atoms with Crippen molar-refractivity contribution in [1.29, 1.82) is 0 Å². The van der Waals surface area contributed by atoms with E-state index in [0.717, 1.165) is 6.42 Å². The molecule has 0 aromatic carbocycles. The molecule has 1 saturated heterocycles. The number of hydrogen-bond donors (Lipinski definition) is 1. The van der Waals surface area contributed by atoms with Gasteiger partial charge in [0.1, 0.15) is 11.8 Å². The largest absolute Gasteiger partial charge is 0.379 e. The summed E-state index contributed by atoms with van der Waals surface area (Å²) in [6.07, 6.45) is 4.57. The summed E-state index contributed by atoms with van der Waals surface area (Å²) in [5, 5.41) is 3.06. The predicted molar refractivity (Wildman–Crippen MR) is 81.3 cm³/mol. The Balaban J connectivity index is 1.94. The third kappa shape index (κ3) is 4.44. The fourth-order valence-electron chi connectivity index (χ4n) is 2.32. The van der Waals surface area contributed by atoms with Crippen LogP contribution in [0.4, 0.5) is 0 Å². The van der Waals surface area contributed by atoms with Crippen LogP contribution >= 0.6 is 0 Å². The van der Waals surface area contributed by atoms with Gasteiger partial charge in [0.15, 0.2) is 0 Å². The lowest BCUT2D eigenvalue weighted by Gasteiger charge is -2.31. The maximum atomic E-state index is 12.3. The van der Waals surface area contributed by atoms with Gasteiger partial charge in [0, 0.05) is 19.9 Å². The molecule has 0 aliphatic carbocycles. The fraction of sp³-hybridized carbons (Fsp3) is 0.562.